The van der Waals surface area contributed by atoms with Crippen LogP contribution < -0.4 is 0 Å². The van der Waals surface area contributed by atoms with Gasteiger partial charge in [0, 0.05) is 11.8 Å². The predicted molar refractivity (Wildman–Crippen MR) is 275 cm³/mol. The van der Waals surface area contributed by atoms with Gasteiger partial charge >= 0.3 is 11.9 Å². The van der Waals surface area contributed by atoms with E-state index in [1.807, 2.05) is 184 Å². The van der Waals surface area contributed by atoms with E-state index in [0.717, 1.165) is 43.8 Å². The van der Waals surface area contributed by atoms with E-state index >= 15 is 0 Å². The molecule has 0 radical (unpaired) electrons. The van der Waals surface area contributed by atoms with Gasteiger partial charge in [0.05, 0.1) is 35.5 Å². The van der Waals surface area contributed by atoms with Crippen molar-refractivity contribution in [3.63, 3.8) is 0 Å². The van der Waals surface area contributed by atoms with Crippen molar-refractivity contribution in [2.75, 3.05) is 0 Å². The Balaban J connectivity index is 1.07. The van der Waals surface area contributed by atoms with E-state index in [1.54, 1.807) is 12.1 Å². The quantitative estimate of drug-likeness (QED) is 0.0653. The molecule has 2 N–H and O–H groups in total. The van der Waals surface area contributed by atoms with Crippen LogP contribution in [0.3, 0.4) is 0 Å². The molecular formula is C62H62O7. The van der Waals surface area contributed by atoms with E-state index in [-0.39, 0.29) is 12.2 Å². The number of aliphatic hydroxyl groups is 2. The van der Waals surface area contributed by atoms with E-state index in [1.165, 1.54) is 0 Å². The fraction of sp³-hybridized carbons (Fsp3) is 0.258. The zero-order valence-electron chi connectivity index (χ0n) is 39.4. The topological polar surface area (TPSA) is 102 Å². The van der Waals surface area contributed by atoms with Crippen LogP contribution >= 0.6 is 0 Å². The summed E-state index contributed by atoms with van der Waals surface area (Å²) in [6.45, 7) is 3.87. The van der Waals surface area contributed by atoms with Gasteiger partial charge in [-0.1, -0.05) is 196 Å². The van der Waals surface area contributed by atoms with Crippen LogP contribution in [0.2, 0.25) is 0 Å². The molecule has 0 spiro atoms. The van der Waals surface area contributed by atoms with E-state index < -0.39 is 48.2 Å². The Morgan fingerprint density at radius 1 is 0.406 bits per heavy atom. The summed E-state index contributed by atoms with van der Waals surface area (Å²) >= 11 is 0. The van der Waals surface area contributed by atoms with Gasteiger partial charge < -0.3 is 24.4 Å². The number of carbonyl (C=O) groups is 2. The molecule has 0 saturated carbocycles. The van der Waals surface area contributed by atoms with E-state index in [4.69, 9.17) is 14.2 Å². The van der Waals surface area contributed by atoms with Crippen molar-refractivity contribution in [1.29, 1.82) is 0 Å². The summed E-state index contributed by atoms with van der Waals surface area (Å²) in [7, 11) is 0. The lowest BCUT2D eigenvalue weighted by Gasteiger charge is -2.32. The average molecular weight is 919 g/mol. The van der Waals surface area contributed by atoms with Gasteiger partial charge in [-0.05, 0) is 107 Å². The van der Waals surface area contributed by atoms with Crippen molar-refractivity contribution in [1.82, 2.24) is 0 Å². The summed E-state index contributed by atoms with van der Waals surface area (Å²) in [4.78, 5) is 28.1. The summed E-state index contributed by atoms with van der Waals surface area (Å²) in [5.41, 5.74) is 4.60. The number of rotatable bonds is 22. The molecule has 8 atom stereocenters. The lowest BCUT2D eigenvalue weighted by molar-refractivity contribution is -0.0536. The maximum atomic E-state index is 14.1. The molecule has 8 unspecified atom stereocenters. The molecule has 8 rings (SSSR count). The molecule has 69 heavy (non-hydrogen) atoms. The molecular weight excluding hydrogens is 857 g/mol. The normalized spacial score (nSPS) is 15.0. The fourth-order valence-corrected chi connectivity index (χ4v) is 9.38. The molecule has 0 aliphatic carbocycles. The van der Waals surface area contributed by atoms with Gasteiger partial charge in [0.1, 0.15) is 12.2 Å². The molecule has 0 aliphatic heterocycles. The number of benzene rings is 8. The third-order valence-corrected chi connectivity index (χ3v) is 13.5. The largest absolute Gasteiger partial charge is 0.458 e. The van der Waals surface area contributed by atoms with Crippen molar-refractivity contribution >= 4 is 33.5 Å². The molecule has 0 aromatic heterocycles. The summed E-state index contributed by atoms with van der Waals surface area (Å²) < 4.78 is 20.1. The minimum atomic E-state index is -0.887. The zero-order chi connectivity index (χ0) is 48.0. The first-order valence-corrected chi connectivity index (χ1v) is 24.3. The Labute approximate surface area is 406 Å². The molecule has 7 heteroatoms. The summed E-state index contributed by atoms with van der Waals surface area (Å²) in [5.74, 6) is -1.80. The maximum Gasteiger partial charge on any atom is 0.338 e. The van der Waals surface area contributed by atoms with E-state index in [2.05, 4.69) is 24.3 Å². The minimum absolute atomic E-state index is 0.324. The highest BCUT2D eigenvalue weighted by Crippen LogP contribution is 2.33. The smallest absolute Gasteiger partial charge is 0.338 e. The highest BCUT2D eigenvalue weighted by atomic mass is 16.5. The molecule has 0 bridgehead atoms. The van der Waals surface area contributed by atoms with Crippen molar-refractivity contribution in [2.45, 2.75) is 89.0 Å². The Hall–Kier alpha value is -6.90. The number of esters is 2. The first-order chi connectivity index (χ1) is 33.7. The van der Waals surface area contributed by atoms with Gasteiger partial charge in [0.25, 0.3) is 0 Å². The highest BCUT2D eigenvalue weighted by Gasteiger charge is 2.33. The van der Waals surface area contributed by atoms with Crippen LogP contribution in [0.1, 0.15) is 94.7 Å². The predicted octanol–water partition coefficient (Wildman–Crippen LogP) is 13.3. The van der Waals surface area contributed by atoms with Crippen LogP contribution in [0, 0.1) is 11.8 Å². The lowest BCUT2D eigenvalue weighted by Crippen LogP contribution is -2.34. The standard InChI is InChI=1S/C62H62O7/c1-43(59(63)49-25-11-5-12-26-49)57(68-61(65)53-33-31-47-23-15-17-29-51(47)41-53)37-35-55(39-45-19-7-3-8-20-45)67-56(40-46-21-9-4-10-22-46)36-38-58(44(2)60(64)50-27-13-6-14-28-50)69-62(66)54-34-32-48-24-16-18-30-52(48)42-54/h3-34,41-44,55-60,63-64H,35-40H2,1-2H3. The Kier molecular flexibility index (Phi) is 16.8. The minimum Gasteiger partial charge on any atom is -0.458 e. The molecule has 0 amide bonds. The monoisotopic (exact) mass is 918 g/mol. The summed E-state index contributed by atoms with van der Waals surface area (Å²) in [5, 5.41) is 27.5. The van der Waals surface area contributed by atoms with Crippen molar-refractivity contribution in [3.8, 4) is 0 Å². The van der Waals surface area contributed by atoms with E-state index in [9.17, 15) is 19.8 Å². The van der Waals surface area contributed by atoms with E-state index in [0.29, 0.717) is 49.7 Å². The van der Waals surface area contributed by atoms with Gasteiger partial charge in [-0.15, -0.1) is 0 Å². The summed E-state index contributed by atoms with van der Waals surface area (Å²) in [6, 6.07) is 66.4. The van der Waals surface area contributed by atoms with Crippen LogP contribution in [-0.2, 0) is 27.1 Å². The first kappa shape index (κ1) is 48.6. The van der Waals surface area contributed by atoms with Gasteiger partial charge in [0.15, 0.2) is 0 Å². The highest BCUT2D eigenvalue weighted by molar-refractivity contribution is 5.96. The number of hydrogen-bond donors (Lipinski definition) is 2. The Morgan fingerprint density at radius 2 is 0.739 bits per heavy atom. The maximum absolute atomic E-state index is 14.1. The molecule has 7 nitrogen and oxygen atoms in total. The molecule has 0 fully saturated rings. The van der Waals surface area contributed by atoms with Crippen molar-refractivity contribution in [2.24, 2.45) is 11.8 Å². The fourth-order valence-electron chi connectivity index (χ4n) is 9.38. The number of fused-ring (bicyclic) bond motifs is 2. The molecule has 0 heterocycles. The SMILES string of the molecule is CC(C(CCC(Cc1ccccc1)OC(CCC(OC(=O)c1ccc2ccccc2c1)C(C)C(O)c1ccccc1)Cc1ccccc1)OC(=O)c1ccc2ccccc2c1)C(O)c1ccccc1. The number of carbonyl (C=O) groups excluding carboxylic acids is 2. The Morgan fingerprint density at radius 3 is 1.12 bits per heavy atom. The second kappa shape index (κ2) is 23.9. The second-order valence-electron chi connectivity index (χ2n) is 18.4. The van der Waals surface area contributed by atoms with Crippen LogP contribution in [0.15, 0.2) is 206 Å². The number of hydrogen-bond acceptors (Lipinski definition) is 7. The first-order valence-electron chi connectivity index (χ1n) is 24.3. The molecule has 352 valence electrons. The Bertz CT molecular complexity index is 2660. The number of ether oxygens (including phenoxy) is 3. The van der Waals surface area contributed by atoms with Crippen LogP contribution in [0.25, 0.3) is 21.5 Å². The third-order valence-electron chi connectivity index (χ3n) is 13.5. The molecule has 0 aliphatic rings. The number of aliphatic hydroxyl groups excluding tert-OH is 2. The van der Waals surface area contributed by atoms with Gasteiger partial charge in [0.2, 0.25) is 0 Å². The van der Waals surface area contributed by atoms with Crippen LogP contribution in [0.5, 0.6) is 0 Å². The van der Waals surface area contributed by atoms with Gasteiger partial charge in [-0.25, -0.2) is 9.59 Å². The molecule has 8 aromatic rings. The second-order valence-corrected chi connectivity index (χ2v) is 18.4. The lowest BCUT2D eigenvalue weighted by atomic mass is 9.88. The van der Waals surface area contributed by atoms with Crippen molar-refractivity contribution < 1.29 is 34.0 Å². The molecule has 0 saturated heterocycles. The summed E-state index contributed by atoms with van der Waals surface area (Å²) in [6.07, 6.45) is -0.669. The van der Waals surface area contributed by atoms with Crippen LogP contribution in [0.4, 0.5) is 0 Å². The average Bonchev–Trinajstić information content (AvgIpc) is 3.40. The van der Waals surface area contributed by atoms with Gasteiger partial charge in [-0.2, -0.15) is 0 Å². The van der Waals surface area contributed by atoms with Gasteiger partial charge in [-0.3, -0.25) is 0 Å². The van der Waals surface area contributed by atoms with Crippen LogP contribution in [-0.4, -0.2) is 46.6 Å². The molecule has 8 aromatic carbocycles. The van der Waals surface area contributed by atoms with Crippen molar-refractivity contribution in [3.05, 3.63) is 240 Å². The third kappa shape index (κ3) is 13.2. The zero-order valence-corrected chi connectivity index (χ0v) is 39.4.